The predicted molar refractivity (Wildman–Crippen MR) is 71.1 cm³/mol. The zero-order valence-corrected chi connectivity index (χ0v) is 11.8. The number of fused-ring (bicyclic) bond motifs is 2. The van der Waals surface area contributed by atoms with Gasteiger partial charge < -0.3 is 10.4 Å². The zero-order chi connectivity index (χ0) is 14.9. The standard InChI is InChI=1S/C13H21N3O4/c1-7(2)14-13(20)15-11(17)6-16-8-3-4-10(16)9(5-8)12(18)19/h7-10H,3-6H2,1-2H3,(H,18,19)(H2,14,15,17,20). The summed E-state index contributed by atoms with van der Waals surface area (Å²) in [6.45, 7) is 3.70. The lowest BCUT2D eigenvalue weighted by Crippen LogP contribution is -2.47. The second-order valence-corrected chi connectivity index (χ2v) is 5.83. The Kier molecular flexibility index (Phi) is 4.27. The molecular formula is C13H21N3O4. The van der Waals surface area contributed by atoms with Crippen LogP contribution in [0.1, 0.15) is 33.1 Å². The lowest BCUT2D eigenvalue weighted by Gasteiger charge is -2.21. The number of imide groups is 1. The molecule has 0 radical (unpaired) electrons. The van der Waals surface area contributed by atoms with Gasteiger partial charge in [-0.2, -0.15) is 0 Å². The highest BCUT2D eigenvalue weighted by Crippen LogP contribution is 2.41. The van der Waals surface area contributed by atoms with E-state index in [4.69, 9.17) is 5.11 Å². The number of amides is 3. The van der Waals surface area contributed by atoms with Gasteiger partial charge >= 0.3 is 12.0 Å². The van der Waals surface area contributed by atoms with Crippen LogP contribution in [-0.4, -0.2) is 52.6 Å². The van der Waals surface area contributed by atoms with Gasteiger partial charge in [-0.05, 0) is 33.1 Å². The quantitative estimate of drug-likeness (QED) is 0.682. The Morgan fingerprint density at radius 1 is 1.30 bits per heavy atom. The molecule has 3 atom stereocenters. The molecule has 2 aliphatic rings. The fourth-order valence-electron chi connectivity index (χ4n) is 3.24. The average Bonchev–Trinajstić information content (AvgIpc) is 2.84. The van der Waals surface area contributed by atoms with E-state index in [1.165, 1.54) is 0 Å². The van der Waals surface area contributed by atoms with Gasteiger partial charge in [0.05, 0.1) is 12.5 Å². The third-order valence-corrected chi connectivity index (χ3v) is 4.00. The Balaban J connectivity index is 1.86. The van der Waals surface area contributed by atoms with Gasteiger partial charge in [0.15, 0.2) is 0 Å². The van der Waals surface area contributed by atoms with Crippen LogP contribution in [-0.2, 0) is 9.59 Å². The molecule has 3 unspecified atom stereocenters. The van der Waals surface area contributed by atoms with E-state index < -0.39 is 12.0 Å². The first kappa shape index (κ1) is 14.8. The number of nitrogens with one attached hydrogen (secondary N) is 2. The Bertz CT molecular complexity index is 424. The number of carbonyl (C=O) groups excluding carboxylic acids is 2. The summed E-state index contributed by atoms with van der Waals surface area (Å²) in [5.41, 5.74) is 0. The van der Waals surface area contributed by atoms with E-state index in [2.05, 4.69) is 10.6 Å². The van der Waals surface area contributed by atoms with Gasteiger partial charge in [-0.15, -0.1) is 0 Å². The minimum absolute atomic E-state index is 0.0397. The minimum Gasteiger partial charge on any atom is -0.481 e. The van der Waals surface area contributed by atoms with Crippen LogP contribution in [0.3, 0.4) is 0 Å². The molecule has 7 nitrogen and oxygen atoms in total. The maximum atomic E-state index is 11.8. The van der Waals surface area contributed by atoms with Crippen LogP contribution >= 0.6 is 0 Å². The van der Waals surface area contributed by atoms with Crippen molar-refractivity contribution >= 4 is 17.9 Å². The van der Waals surface area contributed by atoms with Crippen LogP contribution < -0.4 is 10.6 Å². The van der Waals surface area contributed by atoms with Crippen LogP contribution in [0.5, 0.6) is 0 Å². The molecule has 20 heavy (non-hydrogen) atoms. The first-order chi connectivity index (χ1) is 9.38. The summed E-state index contributed by atoms with van der Waals surface area (Å²) >= 11 is 0. The number of hydrogen-bond donors (Lipinski definition) is 3. The first-order valence-corrected chi connectivity index (χ1v) is 6.97. The smallest absolute Gasteiger partial charge is 0.321 e. The number of carboxylic acids is 1. The second-order valence-electron chi connectivity index (χ2n) is 5.83. The summed E-state index contributed by atoms with van der Waals surface area (Å²) in [6, 6.07) is -0.468. The van der Waals surface area contributed by atoms with Crippen molar-refractivity contribution in [2.45, 2.75) is 51.2 Å². The maximum absolute atomic E-state index is 11.8. The highest BCUT2D eigenvalue weighted by atomic mass is 16.4. The number of urea groups is 1. The molecule has 0 aromatic carbocycles. The number of aliphatic carboxylic acids is 1. The Hall–Kier alpha value is -1.63. The van der Waals surface area contributed by atoms with E-state index in [1.54, 1.807) is 0 Å². The highest BCUT2D eigenvalue weighted by molar-refractivity contribution is 5.95. The van der Waals surface area contributed by atoms with Crippen molar-refractivity contribution in [3.05, 3.63) is 0 Å². The molecule has 2 rings (SSSR count). The molecule has 2 saturated heterocycles. The monoisotopic (exact) mass is 283 g/mol. The molecule has 112 valence electrons. The lowest BCUT2D eigenvalue weighted by molar-refractivity contribution is -0.143. The minimum atomic E-state index is -0.792. The molecular weight excluding hydrogens is 262 g/mol. The SMILES string of the molecule is CC(C)NC(=O)NC(=O)CN1C2CCC1C(C(=O)O)C2. The van der Waals surface area contributed by atoms with E-state index in [0.29, 0.717) is 6.42 Å². The van der Waals surface area contributed by atoms with Crippen molar-refractivity contribution in [3.63, 3.8) is 0 Å². The number of rotatable bonds is 4. The zero-order valence-electron chi connectivity index (χ0n) is 11.8. The van der Waals surface area contributed by atoms with Gasteiger partial charge in [0, 0.05) is 18.1 Å². The van der Waals surface area contributed by atoms with Crippen molar-refractivity contribution in [1.82, 2.24) is 15.5 Å². The van der Waals surface area contributed by atoms with Crippen molar-refractivity contribution in [2.75, 3.05) is 6.54 Å². The van der Waals surface area contributed by atoms with Crippen molar-refractivity contribution < 1.29 is 19.5 Å². The van der Waals surface area contributed by atoms with Gasteiger partial charge in [0.25, 0.3) is 0 Å². The van der Waals surface area contributed by atoms with Crippen LogP contribution in [0.15, 0.2) is 0 Å². The molecule has 2 aliphatic heterocycles. The van der Waals surface area contributed by atoms with Gasteiger partial charge in [0.1, 0.15) is 0 Å². The summed E-state index contributed by atoms with van der Waals surface area (Å²) in [5, 5.41) is 14.0. The summed E-state index contributed by atoms with van der Waals surface area (Å²) in [5.74, 6) is -1.56. The molecule has 0 aromatic heterocycles. The summed E-state index contributed by atoms with van der Waals surface area (Å²) < 4.78 is 0. The van der Waals surface area contributed by atoms with Gasteiger partial charge in [0.2, 0.25) is 5.91 Å². The largest absolute Gasteiger partial charge is 0.481 e. The van der Waals surface area contributed by atoms with Crippen LogP contribution in [0, 0.1) is 5.92 Å². The Morgan fingerprint density at radius 3 is 2.55 bits per heavy atom. The van der Waals surface area contributed by atoms with E-state index >= 15 is 0 Å². The summed E-state index contributed by atoms with van der Waals surface area (Å²) in [6.07, 6.45) is 2.35. The van der Waals surface area contributed by atoms with Crippen molar-refractivity contribution in [3.8, 4) is 0 Å². The molecule has 3 N–H and O–H groups in total. The molecule has 0 aliphatic carbocycles. The summed E-state index contributed by atoms with van der Waals surface area (Å²) in [7, 11) is 0. The predicted octanol–water partition coefficient (Wildman–Crippen LogP) is 0.158. The molecule has 7 heteroatoms. The normalized spacial score (nSPS) is 28.6. The van der Waals surface area contributed by atoms with Crippen molar-refractivity contribution in [2.24, 2.45) is 5.92 Å². The van der Waals surface area contributed by atoms with Crippen molar-refractivity contribution in [1.29, 1.82) is 0 Å². The molecule has 3 amide bonds. The van der Waals surface area contributed by atoms with Crippen LogP contribution in [0.4, 0.5) is 4.79 Å². The fraction of sp³-hybridized carbons (Fsp3) is 0.769. The topological polar surface area (TPSA) is 98.7 Å². The third-order valence-electron chi connectivity index (χ3n) is 4.00. The van der Waals surface area contributed by atoms with Gasteiger partial charge in [-0.1, -0.05) is 0 Å². The second kappa shape index (κ2) is 5.78. The molecule has 0 aromatic rings. The summed E-state index contributed by atoms with van der Waals surface area (Å²) in [4.78, 5) is 36.3. The Labute approximate surface area is 117 Å². The fourth-order valence-corrected chi connectivity index (χ4v) is 3.24. The number of carboxylic acid groups (broad SMARTS) is 1. The van der Waals surface area contributed by atoms with Crippen LogP contribution in [0.2, 0.25) is 0 Å². The third kappa shape index (κ3) is 3.09. The van der Waals surface area contributed by atoms with E-state index in [9.17, 15) is 14.4 Å². The molecule has 2 bridgehead atoms. The number of hydrogen-bond acceptors (Lipinski definition) is 4. The Morgan fingerprint density at radius 2 is 2.00 bits per heavy atom. The van der Waals surface area contributed by atoms with Gasteiger partial charge in [-0.3, -0.25) is 19.8 Å². The van der Waals surface area contributed by atoms with Gasteiger partial charge in [-0.25, -0.2) is 4.79 Å². The number of carbonyl (C=O) groups is 3. The van der Waals surface area contributed by atoms with E-state index in [1.807, 2.05) is 18.7 Å². The number of nitrogens with zero attached hydrogens (tertiary/aromatic N) is 1. The van der Waals surface area contributed by atoms with E-state index in [-0.39, 0.29) is 36.5 Å². The molecule has 0 saturated carbocycles. The first-order valence-electron chi connectivity index (χ1n) is 6.97. The van der Waals surface area contributed by atoms with Crippen LogP contribution in [0.25, 0.3) is 0 Å². The molecule has 2 fully saturated rings. The molecule has 2 heterocycles. The molecule has 0 spiro atoms. The maximum Gasteiger partial charge on any atom is 0.321 e. The van der Waals surface area contributed by atoms with E-state index in [0.717, 1.165) is 12.8 Å². The highest BCUT2D eigenvalue weighted by Gasteiger charge is 2.49. The average molecular weight is 283 g/mol. The lowest BCUT2D eigenvalue weighted by atomic mass is 9.89.